The molecule has 0 saturated carbocycles. The molecule has 1 unspecified atom stereocenters. The first kappa shape index (κ1) is 14.0. The van der Waals surface area contributed by atoms with Gasteiger partial charge in [-0.3, -0.25) is 4.79 Å². The zero-order valence-electron chi connectivity index (χ0n) is 9.85. The van der Waals surface area contributed by atoms with Gasteiger partial charge in [-0.2, -0.15) is 5.26 Å². The van der Waals surface area contributed by atoms with E-state index in [2.05, 4.69) is 0 Å². The second-order valence-corrected chi connectivity index (χ2v) is 4.00. The van der Waals surface area contributed by atoms with E-state index in [1.807, 2.05) is 5.32 Å². The van der Waals surface area contributed by atoms with Crippen molar-refractivity contribution in [2.45, 2.75) is 20.3 Å². The van der Waals surface area contributed by atoms with E-state index in [4.69, 9.17) is 5.26 Å². The molecule has 1 amide bonds. The van der Waals surface area contributed by atoms with E-state index in [1.165, 1.54) is 6.92 Å². The molecular formula is C12H11F3N2O. The fourth-order valence-electron chi connectivity index (χ4n) is 1.20. The van der Waals surface area contributed by atoms with Crippen LogP contribution in [0, 0.1) is 34.2 Å². The molecule has 96 valence electrons. The second-order valence-electron chi connectivity index (χ2n) is 4.00. The van der Waals surface area contributed by atoms with E-state index in [9.17, 15) is 18.0 Å². The summed E-state index contributed by atoms with van der Waals surface area (Å²) >= 11 is 0. The smallest absolute Gasteiger partial charge is 0.244 e. The number of benzene rings is 1. The van der Waals surface area contributed by atoms with E-state index in [1.54, 1.807) is 13.0 Å². The summed E-state index contributed by atoms with van der Waals surface area (Å²) in [6, 6.07) is 2.80. The maximum Gasteiger partial charge on any atom is 0.244 e. The zero-order chi connectivity index (χ0) is 13.9. The number of nitriles is 1. The number of amides is 1. The summed E-state index contributed by atoms with van der Waals surface area (Å²) in [5.74, 6) is -4.59. The van der Waals surface area contributed by atoms with Crippen LogP contribution >= 0.6 is 0 Å². The molecule has 0 aliphatic carbocycles. The van der Waals surface area contributed by atoms with Gasteiger partial charge in [0.05, 0.1) is 11.8 Å². The quantitative estimate of drug-likeness (QED) is 0.845. The number of halogens is 3. The van der Waals surface area contributed by atoms with Crippen molar-refractivity contribution in [2.75, 3.05) is 5.32 Å². The van der Waals surface area contributed by atoms with Crippen LogP contribution in [0.5, 0.6) is 0 Å². The van der Waals surface area contributed by atoms with Gasteiger partial charge in [0.25, 0.3) is 0 Å². The SMILES string of the molecule is CCC(C)(C#N)C(=O)Nc1cc(F)cc(F)c1F. The van der Waals surface area contributed by atoms with Crippen molar-refractivity contribution in [3.8, 4) is 6.07 Å². The molecule has 0 fully saturated rings. The Morgan fingerprint density at radius 3 is 2.56 bits per heavy atom. The number of anilines is 1. The van der Waals surface area contributed by atoms with E-state index < -0.39 is 34.5 Å². The van der Waals surface area contributed by atoms with Gasteiger partial charge in [0, 0.05) is 12.1 Å². The lowest BCUT2D eigenvalue weighted by Crippen LogP contribution is -2.32. The maximum atomic E-state index is 13.3. The number of nitrogens with zero attached hydrogens (tertiary/aromatic N) is 1. The average Bonchev–Trinajstić information content (AvgIpc) is 2.34. The number of carbonyl (C=O) groups is 1. The van der Waals surface area contributed by atoms with Crippen LogP contribution < -0.4 is 5.32 Å². The van der Waals surface area contributed by atoms with Crippen LogP contribution in [0.1, 0.15) is 20.3 Å². The lowest BCUT2D eigenvalue weighted by Gasteiger charge is -2.18. The third kappa shape index (κ3) is 2.62. The third-order valence-electron chi connectivity index (χ3n) is 2.70. The van der Waals surface area contributed by atoms with Crippen LogP contribution in [-0.2, 0) is 4.79 Å². The van der Waals surface area contributed by atoms with E-state index in [-0.39, 0.29) is 6.42 Å². The van der Waals surface area contributed by atoms with Gasteiger partial charge in [0.2, 0.25) is 5.91 Å². The molecule has 1 rings (SSSR count). The zero-order valence-corrected chi connectivity index (χ0v) is 9.85. The van der Waals surface area contributed by atoms with Crippen LogP contribution in [0.25, 0.3) is 0 Å². The molecule has 18 heavy (non-hydrogen) atoms. The molecule has 0 heterocycles. The molecular weight excluding hydrogens is 245 g/mol. The first-order chi connectivity index (χ1) is 8.34. The van der Waals surface area contributed by atoms with Crippen molar-refractivity contribution in [3.05, 3.63) is 29.6 Å². The molecule has 1 N–H and O–H groups in total. The normalized spacial score (nSPS) is 13.6. The molecule has 3 nitrogen and oxygen atoms in total. The Morgan fingerprint density at radius 2 is 2.06 bits per heavy atom. The molecule has 0 radical (unpaired) electrons. The fraction of sp³-hybridized carbons (Fsp3) is 0.333. The Balaban J connectivity index is 3.07. The van der Waals surface area contributed by atoms with E-state index >= 15 is 0 Å². The first-order valence-corrected chi connectivity index (χ1v) is 5.21. The molecule has 1 atom stereocenters. The predicted molar refractivity (Wildman–Crippen MR) is 59.0 cm³/mol. The molecule has 1 aromatic rings. The minimum absolute atomic E-state index is 0.189. The van der Waals surface area contributed by atoms with Crippen molar-refractivity contribution in [1.82, 2.24) is 0 Å². The van der Waals surface area contributed by atoms with Crippen molar-refractivity contribution >= 4 is 11.6 Å². The van der Waals surface area contributed by atoms with Crippen molar-refractivity contribution < 1.29 is 18.0 Å². The minimum Gasteiger partial charge on any atom is -0.322 e. The minimum atomic E-state index is -1.40. The highest BCUT2D eigenvalue weighted by atomic mass is 19.2. The van der Waals surface area contributed by atoms with E-state index in [0.29, 0.717) is 12.1 Å². The summed E-state index contributed by atoms with van der Waals surface area (Å²) in [5, 5.41) is 10.9. The molecule has 0 aliphatic heterocycles. The van der Waals surface area contributed by atoms with E-state index in [0.717, 1.165) is 0 Å². The molecule has 0 spiro atoms. The van der Waals surface area contributed by atoms with Crippen molar-refractivity contribution in [3.63, 3.8) is 0 Å². The molecule has 6 heteroatoms. The summed E-state index contributed by atoms with van der Waals surface area (Å²) in [6.45, 7) is 2.96. The average molecular weight is 256 g/mol. The number of carbonyl (C=O) groups excluding carboxylic acids is 1. The molecule has 0 aromatic heterocycles. The fourth-order valence-corrected chi connectivity index (χ4v) is 1.20. The lowest BCUT2D eigenvalue weighted by molar-refractivity contribution is -0.122. The Kier molecular flexibility index (Phi) is 3.96. The number of hydrogen-bond donors (Lipinski definition) is 1. The monoisotopic (exact) mass is 256 g/mol. The number of nitrogens with one attached hydrogen (secondary N) is 1. The van der Waals surface area contributed by atoms with Crippen LogP contribution in [-0.4, -0.2) is 5.91 Å². The van der Waals surface area contributed by atoms with Gasteiger partial charge in [0.15, 0.2) is 11.6 Å². The Labute approximate surface area is 102 Å². The van der Waals surface area contributed by atoms with Crippen LogP contribution in [0.2, 0.25) is 0 Å². The summed E-state index contributed by atoms with van der Waals surface area (Å²) in [6.07, 6.45) is 0.189. The highest BCUT2D eigenvalue weighted by molar-refractivity contribution is 5.96. The van der Waals surface area contributed by atoms with Crippen LogP contribution in [0.3, 0.4) is 0 Å². The third-order valence-corrected chi connectivity index (χ3v) is 2.70. The maximum absolute atomic E-state index is 13.3. The van der Waals surface area contributed by atoms with Gasteiger partial charge in [-0.15, -0.1) is 0 Å². The van der Waals surface area contributed by atoms with Gasteiger partial charge in [0.1, 0.15) is 11.2 Å². The summed E-state index contributed by atoms with van der Waals surface area (Å²) < 4.78 is 39.1. The van der Waals surface area contributed by atoms with Crippen LogP contribution in [0.15, 0.2) is 12.1 Å². The summed E-state index contributed by atoms with van der Waals surface area (Å²) in [7, 11) is 0. The highest BCUT2D eigenvalue weighted by Crippen LogP contribution is 2.25. The predicted octanol–water partition coefficient (Wildman–Crippen LogP) is 2.98. The number of rotatable bonds is 3. The Hall–Kier alpha value is -2.03. The lowest BCUT2D eigenvalue weighted by atomic mass is 9.88. The van der Waals surface area contributed by atoms with Crippen molar-refractivity contribution in [2.24, 2.45) is 5.41 Å². The topological polar surface area (TPSA) is 52.9 Å². The summed E-state index contributed by atoms with van der Waals surface area (Å²) in [5.41, 5.74) is -2.00. The van der Waals surface area contributed by atoms with Crippen LogP contribution in [0.4, 0.5) is 18.9 Å². The Bertz CT molecular complexity index is 525. The molecule has 0 aliphatic rings. The highest BCUT2D eigenvalue weighted by Gasteiger charge is 2.32. The van der Waals surface area contributed by atoms with Crippen molar-refractivity contribution in [1.29, 1.82) is 5.26 Å². The van der Waals surface area contributed by atoms with Gasteiger partial charge >= 0.3 is 0 Å². The molecule has 0 bridgehead atoms. The largest absolute Gasteiger partial charge is 0.322 e. The second kappa shape index (κ2) is 5.08. The standard InChI is InChI=1S/C12H11F3N2O/c1-3-12(2,6-16)11(18)17-9-5-7(13)4-8(14)10(9)15/h4-5H,3H2,1-2H3,(H,17,18). The van der Waals surface area contributed by atoms with Gasteiger partial charge in [-0.05, 0) is 13.3 Å². The van der Waals surface area contributed by atoms with Gasteiger partial charge in [-0.25, -0.2) is 13.2 Å². The van der Waals surface area contributed by atoms with Gasteiger partial charge < -0.3 is 5.32 Å². The molecule has 1 aromatic carbocycles. The summed E-state index contributed by atoms with van der Waals surface area (Å²) in [4.78, 5) is 11.7. The number of hydrogen-bond acceptors (Lipinski definition) is 2. The molecule has 0 saturated heterocycles. The Morgan fingerprint density at radius 1 is 1.44 bits per heavy atom. The van der Waals surface area contributed by atoms with Gasteiger partial charge in [-0.1, -0.05) is 6.92 Å². The first-order valence-electron chi connectivity index (χ1n) is 5.21.